The lowest BCUT2D eigenvalue weighted by Gasteiger charge is -2.20. The van der Waals surface area contributed by atoms with E-state index in [1.165, 1.54) is 0 Å². The molecule has 0 fully saturated rings. The third-order valence-electron chi connectivity index (χ3n) is 4.95. The van der Waals surface area contributed by atoms with Gasteiger partial charge in [0.15, 0.2) is 22.5 Å². The van der Waals surface area contributed by atoms with Crippen molar-refractivity contribution in [2.24, 2.45) is 0 Å². The van der Waals surface area contributed by atoms with Gasteiger partial charge in [-0.1, -0.05) is 11.8 Å². The van der Waals surface area contributed by atoms with Crippen LogP contribution in [0.2, 0.25) is 0 Å². The lowest BCUT2D eigenvalue weighted by Crippen LogP contribution is -2.36. The summed E-state index contributed by atoms with van der Waals surface area (Å²) in [4.78, 5) is 10.5. The number of nitrogens with zero attached hydrogens (tertiary/aromatic N) is 3. The second-order valence-electron chi connectivity index (χ2n) is 8.43. The monoisotopic (exact) mass is 427 g/mol. The summed E-state index contributed by atoms with van der Waals surface area (Å²) in [7, 11) is 1.88. The molecule has 0 spiro atoms. The first kappa shape index (κ1) is 20.8. The van der Waals surface area contributed by atoms with E-state index < -0.39 is 0 Å². The maximum Gasteiger partial charge on any atom is 0.231 e. The molecule has 30 heavy (non-hydrogen) atoms. The van der Waals surface area contributed by atoms with Crippen molar-refractivity contribution in [1.29, 1.82) is 0 Å². The molecular formula is C22H29N5O2S. The largest absolute Gasteiger partial charge is 0.454 e. The third kappa shape index (κ3) is 4.34. The lowest BCUT2D eigenvalue weighted by atomic mass is 10.1. The first-order chi connectivity index (χ1) is 14.4. The van der Waals surface area contributed by atoms with Gasteiger partial charge in [-0.2, -0.15) is 0 Å². The highest BCUT2D eigenvalue weighted by Crippen LogP contribution is 2.41. The Balaban J connectivity index is 1.66. The topological polar surface area (TPSA) is 73.2 Å². The Morgan fingerprint density at radius 2 is 1.97 bits per heavy atom. The summed E-state index contributed by atoms with van der Waals surface area (Å²) in [5, 5.41) is 7.68. The fourth-order valence-electron chi connectivity index (χ4n) is 3.44. The number of nitrogens with one attached hydrogen (secondary N) is 2. The molecule has 0 bridgehead atoms. The zero-order chi connectivity index (χ0) is 21.3. The summed E-state index contributed by atoms with van der Waals surface area (Å²) in [6.45, 7) is 10.7. The van der Waals surface area contributed by atoms with E-state index in [4.69, 9.17) is 14.5 Å². The number of benzene rings is 1. The van der Waals surface area contributed by atoms with Crippen LogP contribution >= 0.6 is 11.8 Å². The Hall–Kier alpha value is -2.45. The molecule has 7 nitrogen and oxygen atoms in total. The standard InChI is InChI=1S/C22H29N5O2S/c1-14-11-16-17(29-13-28-16)12-18(14)30-21-26-19-15(7-9-24-20(19)23-5)27(21)10-6-8-25-22(2,3)4/h7,9,11-12,25H,6,8,10,13H2,1-5H3,(H,23,24). The van der Waals surface area contributed by atoms with E-state index in [9.17, 15) is 0 Å². The number of aromatic nitrogens is 3. The van der Waals surface area contributed by atoms with E-state index in [-0.39, 0.29) is 12.3 Å². The van der Waals surface area contributed by atoms with E-state index in [2.05, 4.69) is 47.9 Å². The molecule has 2 N–H and O–H groups in total. The van der Waals surface area contributed by atoms with Crippen LogP contribution in [0.15, 0.2) is 34.4 Å². The Morgan fingerprint density at radius 3 is 2.70 bits per heavy atom. The van der Waals surface area contributed by atoms with E-state index >= 15 is 0 Å². The molecule has 1 aliphatic rings. The van der Waals surface area contributed by atoms with Gasteiger partial charge < -0.3 is 24.7 Å². The number of hydrogen-bond acceptors (Lipinski definition) is 7. The molecule has 1 aromatic carbocycles. The average molecular weight is 428 g/mol. The minimum absolute atomic E-state index is 0.113. The molecular weight excluding hydrogens is 398 g/mol. The highest BCUT2D eigenvalue weighted by atomic mass is 32.2. The average Bonchev–Trinajstić information content (AvgIpc) is 3.28. The van der Waals surface area contributed by atoms with Crippen LogP contribution in [-0.4, -0.2) is 40.5 Å². The molecule has 3 aromatic rings. The van der Waals surface area contributed by atoms with Crippen LogP contribution in [0.1, 0.15) is 32.8 Å². The van der Waals surface area contributed by atoms with Crippen molar-refractivity contribution in [2.75, 3.05) is 25.7 Å². The summed E-state index contributed by atoms with van der Waals surface area (Å²) in [5.41, 5.74) is 3.24. The van der Waals surface area contributed by atoms with Crippen molar-refractivity contribution in [2.45, 2.75) is 56.3 Å². The van der Waals surface area contributed by atoms with E-state index in [0.717, 1.165) is 63.5 Å². The minimum atomic E-state index is 0.113. The van der Waals surface area contributed by atoms with Gasteiger partial charge in [-0.05, 0) is 64.4 Å². The van der Waals surface area contributed by atoms with Crippen LogP contribution < -0.4 is 20.1 Å². The molecule has 0 aliphatic carbocycles. The molecule has 4 rings (SSSR count). The molecule has 0 saturated carbocycles. The number of imidazole rings is 1. The Bertz CT molecular complexity index is 1060. The zero-order valence-electron chi connectivity index (χ0n) is 18.2. The summed E-state index contributed by atoms with van der Waals surface area (Å²) in [6, 6.07) is 6.12. The molecule has 0 saturated heterocycles. The van der Waals surface area contributed by atoms with Crippen LogP contribution in [0.3, 0.4) is 0 Å². The predicted molar refractivity (Wildman–Crippen MR) is 121 cm³/mol. The van der Waals surface area contributed by atoms with Gasteiger partial charge in [0.1, 0.15) is 5.52 Å². The second-order valence-corrected chi connectivity index (χ2v) is 9.44. The van der Waals surface area contributed by atoms with Crippen molar-refractivity contribution in [3.63, 3.8) is 0 Å². The summed E-state index contributed by atoms with van der Waals surface area (Å²) in [6.07, 6.45) is 2.84. The number of fused-ring (bicyclic) bond motifs is 2. The molecule has 8 heteroatoms. The van der Waals surface area contributed by atoms with Crippen molar-refractivity contribution in [3.8, 4) is 11.5 Å². The van der Waals surface area contributed by atoms with Crippen LogP contribution in [0, 0.1) is 6.92 Å². The molecule has 2 aromatic heterocycles. The number of pyridine rings is 1. The second kappa shape index (κ2) is 8.35. The molecule has 0 radical (unpaired) electrons. The van der Waals surface area contributed by atoms with Crippen LogP contribution in [0.5, 0.6) is 11.5 Å². The fourth-order valence-corrected chi connectivity index (χ4v) is 4.46. The summed E-state index contributed by atoms with van der Waals surface area (Å²) in [5.74, 6) is 2.39. The van der Waals surface area contributed by atoms with Crippen LogP contribution in [0.4, 0.5) is 5.82 Å². The van der Waals surface area contributed by atoms with Crippen molar-refractivity contribution < 1.29 is 9.47 Å². The highest BCUT2D eigenvalue weighted by molar-refractivity contribution is 7.99. The number of ether oxygens (including phenoxy) is 2. The number of aryl methyl sites for hydroxylation is 2. The first-order valence-electron chi connectivity index (χ1n) is 10.2. The van der Waals surface area contributed by atoms with E-state index in [1.807, 2.05) is 31.4 Å². The molecule has 160 valence electrons. The summed E-state index contributed by atoms with van der Waals surface area (Å²) < 4.78 is 13.4. The van der Waals surface area contributed by atoms with Gasteiger partial charge >= 0.3 is 0 Å². The van der Waals surface area contributed by atoms with Crippen LogP contribution in [-0.2, 0) is 6.54 Å². The fraction of sp³-hybridized carbons (Fsp3) is 0.455. The van der Waals surface area contributed by atoms with Gasteiger partial charge in [-0.25, -0.2) is 9.97 Å². The van der Waals surface area contributed by atoms with E-state index in [0.29, 0.717) is 0 Å². The summed E-state index contributed by atoms with van der Waals surface area (Å²) >= 11 is 1.66. The third-order valence-corrected chi connectivity index (χ3v) is 6.11. The molecule has 3 heterocycles. The van der Waals surface area contributed by atoms with Gasteiger partial charge in [0.25, 0.3) is 0 Å². The number of rotatable bonds is 7. The van der Waals surface area contributed by atoms with Gasteiger partial charge in [-0.15, -0.1) is 0 Å². The quantitative estimate of drug-likeness (QED) is 0.540. The van der Waals surface area contributed by atoms with Gasteiger partial charge in [-0.3, -0.25) is 0 Å². The van der Waals surface area contributed by atoms with Crippen molar-refractivity contribution >= 4 is 28.6 Å². The van der Waals surface area contributed by atoms with Crippen molar-refractivity contribution in [1.82, 2.24) is 19.9 Å². The van der Waals surface area contributed by atoms with Gasteiger partial charge in [0, 0.05) is 30.2 Å². The normalized spacial score (nSPS) is 13.2. The lowest BCUT2D eigenvalue weighted by molar-refractivity contribution is 0.174. The molecule has 1 aliphatic heterocycles. The maximum atomic E-state index is 5.58. The molecule has 0 amide bonds. The highest BCUT2D eigenvalue weighted by Gasteiger charge is 2.20. The Morgan fingerprint density at radius 1 is 1.20 bits per heavy atom. The zero-order valence-corrected chi connectivity index (χ0v) is 19.0. The first-order valence-corrected chi connectivity index (χ1v) is 11.0. The molecule has 0 atom stereocenters. The van der Waals surface area contributed by atoms with Gasteiger partial charge in [0.05, 0.1) is 5.52 Å². The van der Waals surface area contributed by atoms with Crippen molar-refractivity contribution in [3.05, 3.63) is 30.0 Å². The van der Waals surface area contributed by atoms with E-state index in [1.54, 1.807) is 11.8 Å². The Labute approximate surface area is 181 Å². The SMILES string of the molecule is CNc1nccc2c1nc(Sc1cc3c(cc1C)OCO3)n2CCCNC(C)(C)C. The van der Waals surface area contributed by atoms with Gasteiger partial charge in [0.2, 0.25) is 6.79 Å². The van der Waals surface area contributed by atoms with Crippen LogP contribution in [0.25, 0.3) is 11.0 Å². The molecule has 0 unspecified atom stereocenters. The number of anilines is 1. The number of hydrogen-bond donors (Lipinski definition) is 2. The minimum Gasteiger partial charge on any atom is -0.454 e. The maximum absolute atomic E-state index is 5.58. The Kier molecular flexibility index (Phi) is 5.79. The smallest absolute Gasteiger partial charge is 0.231 e. The predicted octanol–water partition coefficient (Wildman–Crippen LogP) is 4.44.